The fraction of sp³-hybridized carbons (Fsp3) is 0.286. The number of nitrogens with zero attached hydrogens (tertiary/aromatic N) is 1. The van der Waals surface area contributed by atoms with E-state index in [0.717, 1.165) is 12.1 Å². The van der Waals surface area contributed by atoms with Crippen LogP contribution in [-0.2, 0) is 11.0 Å². The van der Waals surface area contributed by atoms with Crippen molar-refractivity contribution in [3.05, 3.63) is 40.4 Å². The second-order valence-corrected chi connectivity index (χ2v) is 5.60. The molecule has 1 aliphatic rings. The molecule has 118 valence electrons. The lowest BCUT2D eigenvalue weighted by Gasteiger charge is -2.29. The Morgan fingerprint density at radius 3 is 2.36 bits per heavy atom. The summed E-state index contributed by atoms with van der Waals surface area (Å²) in [6.45, 7) is 1.41. The number of carbonyl (C=O) groups is 1. The summed E-state index contributed by atoms with van der Waals surface area (Å²) in [5.41, 5.74) is -1.13. The summed E-state index contributed by atoms with van der Waals surface area (Å²) in [7, 11) is 0. The third kappa shape index (κ3) is 3.11. The van der Waals surface area contributed by atoms with Gasteiger partial charge in [-0.05, 0) is 30.9 Å². The maximum Gasteiger partial charge on any atom is 0.416 e. The first kappa shape index (κ1) is 16.4. The number of hydrogen-bond acceptors (Lipinski definition) is 4. The zero-order valence-corrected chi connectivity index (χ0v) is 12.5. The fourth-order valence-electron chi connectivity index (χ4n) is 1.89. The van der Waals surface area contributed by atoms with Crippen molar-refractivity contribution in [3.8, 4) is 0 Å². The molecule has 2 rings (SSSR count). The molecule has 1 unspecified atom stereocenters. The van der Waals surface area contributed by atoms with E-state index in [1.807, 2.05) is 0 Å². The molecule has 0 amide bonds. The molecule has 22 heavy (non-hydrogen) atoms. The molecule has 1 heterocycles. The molecule has 2 N–H and O–H groups in total. The third-order valence-corrected chi connectivity index (χ3v) is 3.93. The minimum absolute atomic E-state index is 0.529. The number of benzene rings is 1. The summed E-state index contributed by atoms with van der Waals surface area (Å²) >= 11 is 1.27. The molecule has 0 fully saturated rings. The van der Waals surface area contributed by atoms with Gasteiger partial charge in [0.05, 0.1) is 10.6 Å². The van der Waals surface area contributed by atoms with Crippen LogP contribution in [0.25, 0.3) is 5.57 Å². The number of halogens is 3. The van der Waals surface area contributed by atoms with Crippen LogP contribution in [0.1, 0.15) is 18.1 Å². The lowest BCUT2D eigenvalue weighted by Crippen LogP contribution is -2.48. The largest absolute Gasteiger partial charge is 0.478 e. The highest BCUT2D eigenvalue weighted by Gasteiger charge is 2.36. The number of carboxylic acids is 1. The highest BCUT2D eigenvalue weighted by Crippen LogP contribution is 2.32. The Hall–Kier alpha value is -1.96. The number of alkyl halides is 3. The summed E-state index contributed by atoms with van der Waals surface area (Å²) in [6.07, 6.45) is -1.27. The topological polar surface area (TPSA) is 61.7 Å². The zero-order chi connectivity index (χ0) is 16.5. The van der Waals surface area contributed by atoms with Gasteiger partial charge in [0, 0.05) is 11.8 Å². The number of thioether (sulfide) groups is 1. The molecular formula is C14H13F3N2O2S. The summed E-state index contributed by atoms with van der Waals surface area (Å²) in [5, 5.41) is 12.5. The van der Waals surface area contributed by atoms with Crippen LogP contribution < -0.4 is 5.32 Å². The Kier molecular flexibility index (Phi) is 4.23. The molecule has 0 saturated heterocycles. The molecule has 1 atom stereocenters. The van der Waals surface area contributed by atoms with E-state index in [2.05, 4.69) is 10.3 Å². The van der Waals surface area contributed by atoms with Crippen molar-refractivity contribution >= 4 is 29.5 Å². The number of aliphatic carboxylic acids is 1. The van der Waals surface area contributed by atoms with Crippen molar-refractivity contribution in [2.75, 3.05) is 6.26 Å². The van der Waals surface area contributed by atoms with Crippen LogP contribution >= 0.6 is 11.8 Å². The second kappa shape index (κ2) is 5.68. The van der Waals surface area contributed by atoms with Gasteiger partial charge < -0.3 is 10.4 Å². The molecule has 1 aliphatic heterocycles. The minimum atomic E-state index is -4.39. The SMILES string of the molecule is CSC1=C(c2ccc(C(F)(F)F)cc2)C=NC(C)(C(=O)O)N1. The van der Waals surface area contributed by atoms with Gasteiger partial charge >= 0.3 is 12.1 Å². The van der Waals surface area contributed by atoms with E-state index in [1.54, 1.807) is 6.26 Å². The Bertz CT molecular complexity index is 653. The van der Waals surface area contributed by atoms with E-state index in [0.29, 0.717) is 16.2 Å². The number of nitrogens with one attached hydrogen (secondary N) is 1. The maximum absolute atomic E-state index is 12.6. The standard InChI is InChI=1S/C14H13F3N2O2S/c1-13(12(20)21)18-7-10(11(19-13)22-2)8-3-5-9(6-4-8)14(15,16)17/h3-7,19H,1-2H3,(H,20,21). The van der Waals surface area contributed by atoms with Gasteiger partial charge in [0.15, 0.2) is 0 Å². The molecule has 0 bridgehead atoms. The van der Waals surface area contributed by atoms with Gasteiger partial charge in [-0.1, -0.05) is 12.1 Å². The maximum atomic E-state index is 12.6. The van der Waals surface area contributed by atoms with Gasteiger partial charge in [-0.3, -0.25) is 4.99 Å². The van der Waals surface area contributed by atoms with Crippen LogP contribution in [0.5, 0.6) is 0 Å². The van der Waals surface area contributed by atoms with Crippen molar-refractivity contribution in [3.63, 3.8) is 0 Å². The van der Waals surface area contributed by atoms with Crippen molar-refractivity contribution in [2.24, 2.45) is 4.99 Å². The van der Waals surface area contributed by atoms with Crippen LogP contribution in [0.3, 0.4) is 0 Å². The number of hydrogen-bond donors (Lipinski definition) is 2. The quantitative estimate of drug-likeness (QED) is 0.893. The first-order valence-corrected chi connectivity index (χ1v) is 7.42. The highest BCUT2D eigenvalue weighted by molar-refractivity contribution is 8.02. The van der Waals surface area contributed by atoms with Crippen molar-refractivity contribution in [1.82, 2.24) is 5.32 Å². The van der Waals surface area contributed by atoms with E-state index in [9.17, 15) is 18.0 Å². The number of carboxylic acid groups (broad SMARTS) is 1. The third-order valence-electron chi connectivity index (χ3n) is 3.20. The van der Waals surface area contributed by atoms with Crippen LogP contribution in [0.15, 0.2) is 34.3 Å². The van der Waals surface area contributed by atoms with E-state index in [1.165, 1.54) is 37.0 Å². The predicted octanol–water partition coefficient (Wildman–Crippen LogP) is 3.21. The molecular weight excluding hydrogens is 317 g/mol. The summed E-state index contributed by atoms with van der Waals surface area (Å²) in [6, 6.07) is 4.65. The second-order valence-electron chi connectivity index (χ2n) is 4.78. The van der Waals surface area contributed by atoms with E-state index < -0.39 is 23.4 Å². The number of rotatable bonds is 3. The van der Waals surface area contributed by atoms with Crippen LogP contribution in [0.2, 0.25) is 0 Å². The number of allylic oxidation sites excluding steroid dienone is 1. The molecule has 1 aromatic rings. The average Bonchev–Trinajstić information content (AvgIpc) is 2.46. The Labute approximate surface area is 129 Å². The highest BCUT2D eigenvalue weighted by atomic mass is 32.2. The normalized spacial score (nSPS) is 21.7. The van der Waals surface area contributed by atoms with Crippen LogP contribution in [0.4, 0.5) is 13.2 Å². The first-order chi connectivity index (χ1) is 10.2. The van der Waals surface area contributed by atoms with E-state index in [4.69, 9.17) is 5.11 Å². The molecule has 4 nitrogen and oxygen atoms in total. The average molecular weight is 330 g/mol. The minimum Gasteiger partial charge on any atom is -0.478 e. The smallest absolute Gasteiger partial charge is 0.416 e. The van der Waals surface area contributed by atoms with Gasteiger partial charge in [-0.15, -0.1) is 11.8 Å². The molecule has 0 aromatic heterocycles. The summed E-state index contributed by atoms with van der Waals surface area (Å²) < 4.78 is 37.7. The Morgan fingerprint density at radius 1 is 1.32 bits per heavy atom. The Morgan fingerprint density at radius 2 is 1.91 bits per heavy atom. The molecule has 8 heteroatoms. The zero-order valence-electron chi connectivity index (χ0n) is 11.7. The van der Waals surface area contributed by atoms with Crippen molar-refractivity contribution in [2.45, 2.75) is 18.8 Å². The number of aliphatic imine (C=N–C) groups is 1. The van der Waals surface area contributed by atoms with Gasteiger partial charge in [0.2, 0.25) is 5.66 Å². The fourth-order valence-corrected chi connectivity index (χ4v) is 2.58. The lowest BCUT2D eigenvalue weighted by molar-refractivity contribution is -0.143. The van der Waals surface area contributed by atoms with Crippen LogP contribution in [-0.4, -0.2) is 29.2 Å². The Balaban J connectivity index is 2.38. The van der Waals surface area contributed by atoms with Gasteiger partial charge in [0.25, 0.3) is 0 Å². The molecule has 0 aliphatic carbocycles. The molecule has 1 aromatic carbocycles. The molecule has 0 radical (unpaired) electrons. The first-order valence-electron chi connectivity index (χ1n) is 6.20. The molecule has 0 spiro atoms. The van der Waals surface area contributed by atoms with Crippen molar-refractivity contribution < 1.29 is 23.1 Å². The van der Waals surface area contributed by atoms with E-state index >= 15 is 0 Å². The van der Waals surface area contributed by atoms with Gasteiger partial charge in [-0.2, -0.15) is 13.2 Å². The van der Waals surface area contributed by atoms with Crippen LogP contribution in [0, 0.1) is 0 Å². The summed E-state index contributed by atoms with van der Waals surface area (Å²) in [4.78, 5) is 15.2. The van der Waals surface area contributed by atoms with Gasteiger partial charge in [0.1, 0.15) is 0 Å². The predicted molar refractivity (Wildman–Crippen MR) is 79.5 cm³/mol. The monoisotopic (exact) mass is 330 g/mol. The van der Waals surface area contributed by atoms with Crippen molar-refractivity contribution in [1.29, 1.82) is 0 Å². The lowest BCUT2D eigenvalue weighted by atomic mass is 10.0. The van der Waals surface area contributed by atoms with E-state index in [-0.39, 0.29) is 0 Å². The molecule has 0 saturated carbocycles. The van der Waals surface area contributed by atoms with Gasteiger partial charge in [-0.25, -0.2) is 4.79 Å². The summed E-state index contributed by atoms with van der Waals surface area (Å²) in [5.74, 6) is -1.14.